The van der Waals surface area contributed by atoms with Gasteiger partial charge in [0, 0.05) is 11.6 Å². The van der Waals surface area contributed by atoms with Gasteiger partial charge in [-0.25, -0.2) is 4.67 Å². The maximum atomic E-state index is 9.20. The fourth-order valence-electron chi connectivity index (χ4n) is 1.31. The van der Waals surface area contributed by atoms with Crippen LogP contribution in [0.5, 0.6) is 0 Å². The highest BCUT2D eigenvalue weighted by Crippen LogP contribution is 2.40. The van der Waals surface area contributed by atoms with Gasteiger partial charge in [-0.2, -0.15) is 0 Å². The molecule has 0 amide bonds. The molecule has 0 radical (unpaired) electrons. The van der Waals surface area contributed by atoms with Gasteiger partial charge in [-0.1, -0.05) is 6.92 Å². The van der Waals surface area contributed by atoms with Crippen molar-refractivity contribution in [3.05, 3.63) is 0 Å². The van der Waals surface area contributed by atoms with E-state index in [4.69, 9.17) is 0 Å². The van der Waals surface area contributed by atoms with Gasteiger partial charge in [0.25, 0.3) is 8.53 Å². The van der Waals surface area contributed by atoms with Crippen LogP contribution in [0.1, 0.15) is 41.0 Å². The third kappa shape index (κ3) is 2.98. The van der Waals surface area contributed by atoms with Gasteiger partial charge in [0.05, 0.1) is 0 Å². The molecule has 0 aromatic carbocycles. The number of rotatable bonds is 4. The first-order chi connectivity index (χ1) is 5.33. The molecular formula is C8H20NO2P. The van der Waals surface area contributed by atoms with Gasteiger partial charge in [-0.15, -0.1) is 0 Å². The summed E-state index contributed by atoms with van der Waals surface area (Å²) in [6, 6.07) is 0.168. The van der Waals surface area contributed by atoms with Gasteiger partial charge in [0.1, 0.15) is 0 Å². The molecule has 0 fully saturated rings. The Morgan fingerprint density at radius 1 is 1.33 bits per heavy atom. The zero-order chi connectivity index (χ0) is 9.94. The topological polar surface area (TPSA) is 43.7 Å². The molecule has 2 N–H and O–H groups in total. The van der Waals surface area contributed by atoms with Crippen LogP contribution in [-0.2, 0) is 0 Å². The first kappa shape index (κ1) is 12.3. The molecule has 0 aliphatic heterocycles. The second-order valence-electron chi connectivity index (χ2n) is 3.87. The average Bonchev–Trinajstić information content (AvgIpc) is 1.84. The predicted octanol–water partition coefficient (Wildman–Crippen LogP) is 2.10. The molecule has 0 aromatic heterocycles. The molecule has 0 saturated carbocycles. The highest BCUT2D eigenvalue weighted by atomic mass is 31.2. The van der Waals surface area contributed by atoms with E-state index in [1.807, 2.05) is 34.6 Å². The van der Waals surface area contributed by atoms with Gasteiger partial charge >= 0.3 is 0 Å². The molecule has 12 heavy (non-hydrogen) atoms. The Balaban J connectivity index is 4.50. The molecule has 0 aliphatic carbocycles. The maximum absolute atomic E-state index is 9.20. The van der Waals surface area contributed by atoms with Gasteiger partial charge in [-0.3, -0.25) is 0 Å². The molecule has 0 aromatic rings. The van der Waals surface area contributed by atoms with Crippen LogP contribution in [-0.4, -0.2) is 26.0 Å². The van der Waals surface area contributed by atoms with Gasteiger partial charge in [-0.05, 0) is 34.1 Å². The van der Waals surface area contributed by atoms with Gasteiger partial charge < -0.3 is 9.79 Å². The van der Waals surface area contributed by atoms with Crippen molar-refractivity contribution in [1.29, 1.82) is 0 Å². The summed E-state index contributed by atoms with van der Waals surface area (Å²) >= 11 is 0. The zero-order valence-electron chi connectivity index (χ0n) is 8.57. The quantitative estimate of drug-likeness (QED) is 0.672. The molecule has 0 bridgehead atoms. The summed E-state index contributed by atoms with van der Waals surface area (Å²) in [5.74, 6) is 0. The Morgan fingerprint density at radius 2 is 1.75 bits per heavy atom. The normalized spacial score (nSPS) is 13.5. The Labute approximate surface area is 76.4 Å². The minimum atomic E-state index is -1.96. The smallest absolute Gasteiger partial charge is 0.253 e. The SMILES string of the molecule is CCC(C)(C)N(C(C)C)P(O)O. The molecule has 0 aliphatic rings. The third-order valence-electron chi connectivity index (χ3n) is 2.17. The van der Waals surface area contributed by atoms with Crippen molar-refractivity contribution in [3.63, 3.8) is 0 Å². The summed E-state index contributed by atoms with van der Waals surface area (Å²) in [7, 11) is -1.96. The van der Waals surface area contributed by atoms with E-state index in [1.54, 1.807) is 4.67 Å². The maximum Gasteiger partial charge on any atom is 0.253 e. The van der Waals surface area contributed by atoms with Crippen molar-refractivity contribution in [2.75, 3.05) is 0 Å². The van der Waals surface area contributed by atoms with Crippen molar-refractivity contribution in [2.24, 2.45) is 0 Å². The Bertz CT molecular complexity index is 129. The van der Waals surface area contributed by atoms with Crippen LogP contribution in [0.4, 0.5) is 0 Å². The highest BCUT2D eigenvalue weighted by Gasteiger charge is 2.32. The monoisotopic (exact) mass is 193 g/mol. The van der Waals surface area contributed by atoms with Crippen LogP contribution in [0, 0.1) is 0 Å². The summed E-state index contributed by atoms with van der Waals surface area (Å²) in [5.41, 5.74) is -0.136. The number of hydrogen-bond donors (Lipinski definition) is 2. The Hall–Kier alpha value is 0.310. The molecule has 0 heterocycles. The van der Waals surface area contributed by atoms with E-state index in [-0.39, 0.29) is 11.6 Å². The van der Waals surface area contributed by atoms with Gasteiger partial charge in [0.15, 0.2) is 0 Å². The first-order valence-electron chi connectivity index (χ1n) is 4.30. The van der Waals surface area contributed by atoms with Crippen LogP contribution in [0.3, 0.4) is 0 Å². The lowest BCUT2D eigenvalue weighted by atomic mass is 10.0. The van der Waals surface area contributed by atoms with E-state index in [9.17, 15) is 9.79 Å². The van der Waals surface area contributed by atoms with Crippen LogP contribution in [0.2, 0.25) is 0 Å². The van der Waals surface area contributed by atoms with Crippen LogP contribution >= 0.6 is 8.53 Å². The first-order valence-corrected chi connectivity index (χ1v) is 5.50. The lowest BCUT2D eigenvalue weighted by molar-refractivity contribution is 0.160. The van der Waals surface area contributed by atoms with Crippen molar-refractivity contribution < 1.29 is 9.79 Å². The van der Waals surface area contributed by atoms with Crippen LogP contribution < -0.4 is 0 Å². The second-order valence-corrected chi connectivity index (χ2v) is 4.84. The zero-order valence-corrected chi connectivity index (χ0v) is 9.47. The van der Waals surface area contributed by atoms with E-state index in [0.29, 0.717) is 0 Å². The second kappa shape index (κ2) is 4.52. The molecule has 0 saturated heterocycles. The molecule has 74 valence electrons. The van der Waals surface area contributed by atoms with Crippen LogP contribution in [0.15, 0.2) is 0 Å². The highest BCUT2D eigenvalue weighted by molar-refractivity contribution is 7.42. The average molecular weight is 193 g/mol. The van der Waals surface area contributed by atoms with Crippen molar-refractivity contribution in [1.82, 2.24) is 4.67 Å². The lowest BCUT2D eigenvalue weighted by Gasteiger charge is -2.40. The minimum Gasteiger partial charge on any atom is -0.338 e. The van der Waals surface area contributed by atoms with Crippen molar-refractivity contribution in [2.45, 2.75) is 52.6 Å². The lowest BCUT2D eigenvalue weighted by Crippen LogP contribution is -2.43. The number of hydrogen-bond acceptors (Lipinski definition) is 3. The molecular weight excluding hydrogens is 173 g/mol. The summed E-state index contributed by atoms with van der Waals surface area (Å²) in [4.78, 5) is 18.4. The van der Waals surface area contributed by atoms with E-state index >= 15 is 0 Å². The largest absolute Gasteiger partial charge is 0.338 e. The van der Waals surface area contributed by atoms with Crippen LogP contribution in [0.25, 0.3) is 0 Å². The molecule has 0 unspecified atom stereocenters. The van der Waals surface area contributed by atoms with E-state index in [1.165, 1.54) is 0 Å². The van der Waals surface area contributed by atoms with E-state index < -0.39 is 8.53 Å². The van der Waals surface area contributed by atoms with Gasteiger partial charge in [0.2, 0.25) is 0 Å². The molecule has 0 atom stereocenters. The fraction of sp³-hybridized carbons (Fsp3) is 1.00. The van der Waals surface area contributed by atoms with Crippen molar-refractivity contribution in [3.8, 4) is 0 Å². The standard InChI is InChI=1S/C8H20NO2P/c1-6-8(4,5)9(7(2)3)12(10)11/h7,10-11H,6H2,1-5H3. The number of nitrogens with zero attached hydrogens (tertiary/aromatic N) is 1. The molecule has 4 heteroatoms. The summed E-state index contributed by atoms with van der Waals surface area (Å²) in [6.45, 7) is 10.0. The Kier molecular flexibility index (Phi) is 4.64. The van der Waals surface area contributed by atoms with Crippen molar-refractivity contribution >= 4 is 8.53 Å². The summed E-state index contributed by atoms with van der Waals surface area (Å²) < 4.78 is 1.75. The summed E-state index contributed by atoms with van der Waals surface area (Å²) in [6.07, 6.45) is 0.908. The summed E-state index contributed by atoms with van der Waals surface area (Å²) in [5, 5.41) is 0. The molecule has 3 nitrogen and oxygen atoms in total. The molecule has 0 spiro atoms. The van der Waals surface area contributed by atoms with E-state index in [2.05, 4.69) is 0 Å². The minimum absolute atomic E-state index is 0.136. The van der Waals surface area contributed by atoms with E-state index in [0.717, 1.165) is 6.42 Å². The fourth-order valence-corrected chi connectivity index (χ4v) is 2.35. The Morgan fingerprint density at radius 3 is 1.83 bits per heavy atom. The third-order valence-corrected chi connectivity index (χ3v) is 3.56. The molecule has 0 rings (SSSR count). The predicted molar refractivity (Wildman–Crippen MR) is 52.7 cm³/mol.